The van der Waals surface area contributed by atoms with Crippen LogP contribution in [-0.4, -0.2) is 24.2 Å². The Kier molecular flexibility index (Phi) is 7.17. The van der Waals surface area contributed by atoms with Crippen LogP contribution >= 0.6 is 22.9 Å². The van der Waals surface area contributed by atoms with Gasteiger partial charge in [-0.3, -0.25) is 25.2 Å². The number of carbonyl (C=O) groups excluding carboxylic acids is 3. The van der Waals surface area contributed by atoms with Gasteiger partial charge in [0, 0.05) is 12.8 Å². The van der Waals surface area contributed by atoms with E-state index in [4.69, 9.17) is 16.3 Å². The summed E-state index contributed by atoms with van der Waals surface area (Å²) in [6.07, 6.45) is 0.00430. The minimum atomic E-state index is -0.493. The fraction of sp³-hybridized carbons (Fsp3) is 0.278. The monoisotopic (exact) mass is 394 g/mol. The maximum absolute atomic E-state index is 11.9. The number of aryl methyl sites for hydroxylation is 2. The SMILES string of the molecule is Cc1ccc(OCC(=O)NNC(=O)CCC(=O)c2ccc(Cl)s2)cc1C. The summed E-state index contributed by atoms with van der Waals surface area (Å²) < 4.78 is 5.89. The lowest BCUT2D eigenvalue weighted by Crippen LogP contribution is -2.43. The molecule has 26 heavy (non-hydrogen) atoms. The van der Waals surface area contributed by atoms with Gasteiger partial charge in [0.2, 0.25) is 5.91 Å². The van der Waals surface area contributed by atoms with E-state index in [2.05, 4.69) is 10.9 Å². The second-order valence-corrected chi connectivity index (χ2v) is 7.37. The second kappa shape index (κ2) is 9.35. The summed E-state index contributed by atoms with van der Waals surface area (Å²) in [5.41, 5.74) is 6.71. The molecule has 0 unspecified atom stereocenters. The van der Waals surface area contributed by atoms with Crippen molar-refractivity contribution in [2.24, 2.45) is 0 Å². The van der Waals surface area contributed by atoms with E-state index < -0.39 is 11.8 Å². The molecule has 0 saturated heterocycles. The van der Waals surface area contributed by atoms with Crippen LogP contribution < -0.4 is 15.6 Å². The number of ketones is 1. The van der Waals surface area contributed by atoms with Crippen molar-refractivity contribution in [1.82, 2.24) is 10.9 Å². The van der Waals surface area contributed by atoms with Gasteiger partial charge in [0.25, 0.3) is 5.91 Å². The molecule has 2 amide bonds. The first-order chi connectivity index (χ1) is 12.3. The molecule has 1 aromatic carbocycles. The first-order valence-electron chi connectivity index (χ1n) is 7.91. The average Bonchev–Trinajstić information content (AvgIpc) is 3.05. The van der Waals surface area contributed by atoms with Crippen molar-refractivity contribution in [2.75, 3.05) is 6.61 Å². The topological polar surface area (TPSA) is 84.5 Å². The number of hydrazine groups is 1. The lowest BCUT2D eigenvalue weighted by Gasteiger charge is -2.09. The van der Waals surface area contributed by atoms with Crippen LogP contribution in [0.3, 0.4) is 0 Å². The number of Topliss-reactive ketones (excluding diaryl/α,β-unsaturated/α-hetero) is 1. The molecule has 0 radical (unpaired) electrons. The molecule has 138 valence electrons. The zero-order chi connectivity index (χ0) is 19.1. The third kappa shape index (κ3) is 6.16. The largest absolute Gasteiger partial charge is 0.484 e. The van der Waals surface area contributed by atoms with Crippen LogP contribution in [-0.2, 0) is 9.59 Å². The second-order valence-electron chi connectivity index (χ2n) is 5.66. The molecule has 1 aromatic heterocycles. The number of nitrogens with one attached hydrogen (secondary N) is 2. The van der Waals surface area contributed by atoms with Gasteiger partial charge in [-0.2, -0.15) is 0 Å². The Balaban J connectivity index is 1.67. The van der Waals surface area contributed by atoms with Crippen molar-refractivity contribution in [3.63, 3.8) is 0 Å². The molecule has 0 atom stereocenters. The zero-order valence-electron chi connectivity index (χ0n) is 14.4. The maximum Gasteiger partial charge on any atom is 0.276 e. The van der Waals surface area contributed by atoms with E-state index in [1.54, 1.807) is 18.2 Å². The van der Waals surface area contributed by atoms with Gasteiger partial charge in [0.15, 0.2) is 12.4 Å². The van der Waals surface area contributed by atoms with E-state index in [0.29, 0.717) is 15.0 Å². The molecule has 0 spiro atoms. The van der Waals surface area contributed by atoms with Crippen LogP contribution in [0.5, 0.6) is 5.75 Å². The number of ether oxygens (including phenoxy) is 1. The molecule has 0 saturated carbocycles. The summed E-state index contributed by atoms with van der Waals surface area (Å²) in [7, 11) is 0. The molecule has 2 rings (SSSR count). The summed E-state index contributed by atoms with van der Waals surface area (Å²) in [4.78, 5) is 35.8. The van der Waals surface area contributed by atoms with Crippen molar-refractivity contribution >= 4 is 40.5 Å². The molecule has 1 heterocycles. The normalized spacial score (nSPS) is 10.3. The molecule has 0 bridgehead atoms. The van der Waals surface area contributed by atoms with Crippen molar-refractivity contribution in [3.05, 3.63) is 50.7 Å². The number of hydrogen-bond donors (Lipinski definition) is 2. The summed E-state index contributed by atoms with van der Waals surface area (Å²) >= 11 is 6.94. The molecule has 0 aliphatic heterocycles. The van der Waals surface area contributed by atoms with Gasteiger partial charge >= 0.3 is 0 Å². The van der Waals surface area contributed by atoms with Crippen molar-refractivity contribution in [3.8, 4) is 5.75 Å². The Morgan fingerprint density at radius 1 is 1.00 bits per heavy atom. The number of benzene rings is 1. The molecule has 0 aliphatic carbocycles. The standard InChI is InChI=1S/C18H19ClN2O4S/c1-11-3-4-13(9-12(11)2)25-10-18(24)21-20-17(23)8-5-14(22)15-6-7-16(19)26-15/h3-4,6-7,9H,5,8,10H2,1-2H3,(H,20,23)(H,21,24). The predicted octanol–water partition coefficient (Wildman–Crippen LogP) is 3.21. The van der Waals surface area contributed by atoms with Crippen LogP contribution in [0, 0.1) is 13.8 Å². The fourth-order valence-corrected chi connectivity index (χ4v) is 3.02. The van der Waals surface area contributed by atoms with E-state index in [9.17, 15) is 14.4 Å². The Bertz CT molecular complexity index is 819. The van der Waals surface area contributed by atoms with Gasteiger partial charge in [-0.1, -0.05) is 17.7 Å². The van der Waals surface area contributed by atoms with Crippen LogP contribution in [0.25, 0.3) is 0 Å². The fourth-order valence-electron chi connectivity index (χ4n) is 2.00. The predicted molar refractivity (Wildman–Crippen MR) is 101 cm³/mol. The lowest BCUT2D eigenvalue weighted by atomic mass is 10.1. The zero-order valence-corrected chi connectivity index (χ0v) is 16.0. The molecular formula is C18H19ClN2O4S. The summed E-state index contributed by atoms with van der Waals surface area (Å²) in [6.45, 7) is 3.71. The highest BCUT2D eigenvalue weighted by Crippen LogP contribution is 2.22. The van der Waals surface area contributed by atoms with Crippen LogP contribution in [0.4, 0.5) is 0 Å². The molecule has 0 fully saturated rings. The minimum Gasteiger partial charge on any atom is -0.484 e. The number of thiophene rings is 1. The first kappa shape index (κ1) is 19.9. The Morgan fingerprint density at radius 3 is 2.38 bits per heavy atom. The van der Waals surface area contributed by atoms with Crippen LogP contribution in [0.2, 0.25) is 4.34 Å². The Labute approximate surface area is 160 Å². The van der Waals surface area contributed by atoms with Gasteiger partial charge in [0.05, 0.1) is 9.21 Å². The van der Waals surface area contributed by atoms with Crippen molar-refractivity contribution < 1.29 is 19.1 Å². The molecular weight excluding hydrogens is 376 g/mol. The third-order valence-corrected chi connectivity index (χ3v) is 4.89. The van der Waals surface area contributed by atoms with Gasteiger partial charge in [-0.15, -0.1) is 11.3 Å². The summed E-state index contributed by atoms with van der Waals surface area (Å²) in [6, 6.07) is 8.77. The van der Waals surface area contributed by atoms with Gasteiger partial charge < -0.3 is 4.74 Å². The number of halogens is 1. The summed E-state index contributed by atoms with van der Waals surface area (Å²) in [5, 5.41) is 0. The smallest absolute Gasteiger partial charge is 0.276 e. The number of hydrogen-bond acceptors (Lipinski definition) is 5. The number of carbonyl (C=O) groups is 3. The van der Waals surface area contributed by atoms with E-state index in [0.717, 1.165) is 11.1 Å². The Morgan fingerprint density at radius 2 is 1.73 bits per heavy atom. The Hall–Kier alpha value is -2.38. The van der Waals surface area contributed by atoms with Crippen LogP contribution in [0.1, 0.15) is 33.6 Å². The van der Waals surface area contributed by atoms with Gasteiger partial charge in [-0.25, -0.2) is 0 Å². The van der Waals surface area contributed by atoms with Crippen molar-refractivity contribution in [1.29, 1.82) is 0 Å². The van der Waals surface area contributed by atoms with Crippen LogP contribution in [0.15, 0.2) is 30.3 Å². The summed E-state index contributed by atoms with van der Waals surface area (Å²) in [5.74, 6) is -0.537. The van der Waals surface area contributed by atoms with E-state index in [1.165, 1.54) is 11.3 Å². The van der Waals surface area contributed by atoms with Gasteiger partial charge in [0.1, 0.15) is 5.75 Å². The maximum atomic E-state index is 11.9. The highest BCUT2D eigenvalue weighted by Gasteiger charge is 2.12. The van der Waals surface area contributed by atoms with E-state index >= 15 is 0 Å². The molecule has 2 aromatic rings. The third-order valence-electron chi connectivity index (χ3n) is 3.62. The number of rotatable bonds is 7. The lowest BCUT2D eigenvalue weighted by molar-refractivity contribution is -0.130. The highest BCUT2D eigenvalue weighted by atomic mass is 35.5. The first-order valence-corrected chi connectivity index (χ1v) is 9.11. The van der Waals surface area contributed by atoms with E-state index in [1.807, 2.05) is 26.0 Å². The minimum absolute atomic E-state index is 0.0351. The molecule has 6 nitrogen and oxygen atoms in total. The number of amides is 2. The molecule has 2 N–H and O–H groups in total. The molecule has 0 aliphatic rings. The van der Waals surface area contributed by atoms with E-state index in [-0.39, 0.29) is 25.2 Å². The van der Waals surface area contributed by atoms with Gasteiger partial charge in [-0.05, 0) is 49.2 Å². The van der Waals surface area contributed by atoms with Crippen molar-refractivity contribution in [2.45, 2.75) is 26.7 Å². The average molecular weight is 395 g/mol. The highest BCUT2D eigenvalue weighted by molar-refractivity contribution is 7.18. The molecule has 8 heteroatoms. The quantitative estimate of drug-likeness (QED) is 0.557.